The minimum atomic E-state index is 0.0961. The van der Waals surface area contributed by atoms with Crippen molar-refractivity contribution >= 4 is 0 Å². The third kappa shape index (κ3) is 3.76. The molecule has 28 heavy (non-hydrogen) atoms. The summed E-state index contributed by atoms with van der Waals surface area (Å²) in [6.45, 7) is 10.2. The fourth-order valence-electron chi connectivity index (χ4n) is 5.07. The number of rotatable bonds is 4. The number of hydrogen-bond donors (Lipinski definition) is 1. The van der Waals surface area contributed by atoms with Crippen molar-refractivity contribution in [3.8, 4) is 11.5 Å². The number of nitrogens with zero attached hydrogens (tertiary/aromatic N) is 2. The van der Waals surface area contributed by atoms with E-state index in [1.165, 1.54) is 11.1 Å². The van der Waals surface area contributed by atoms with Gasteiger partial charge in [-0.15, -0.1) is 0 Å². The van der Waals surface area contributed by atoms with Crippen LogP contribution in [-0.4, -0.2) is 54.2 Å². The van der Waals surface area contributed by atoms with Gasteiger partial charge in [0.1, 0.15) is 11.5 Å². The van der Waals surface area contributed by atoms with Gasteiger partial charge in [-0.25, -0.2) is 0 Å². The predicted molar refractivity (Wildman–Crippen MR) is 113 cm³/mol. The van der Waals surface area contributed by atoms with Crippen LogP contribution in [0, 0.1) is 5.92 Å². The normalized spacial score (nSPS) is 28.7. The van der Waals surface area contributed by atoms with Crippen molar-refractivity contribution < 1.29 is 9.84 Å². The lowest BCUT2D eigenvalue weighted by Gasteiger charge is -2.53. The molecule has 0 bridgehead atoms. The average Bonchev–Trinajstić information content (AvgIpc) is 2.69. The quantitative estimate of drug-likeness (QED) is 0.873. The Morgan fingerprint density at radius 3 is 2.71 bits per heavy atom. The van der Waals surface area contributed by atoms with Gasteiger partial charge in [0.25, 0.3) is 0 Å². The second-order valence-electron chi connectivity index (χ2n) is 8.81. The number of piperidine rings is 1. The van der Waals surface area contributed by atoms with Crippen LogP contribution in [0.1, 0.15) is 31.4 Å². The van der Waals surface area contributed by atoms with Crippen LogP contribution in [0.15, 0.2) is 48.5 Å². The van der Waals surface area contributed by atoms with Gasteiger partial charge < -0.3 is 9.84 Å². The maximum Gasteiger partial charge on any atom is 0.119 e. The molecule has 2 aliphatic heterocycles. The fraction of sp³-hybridized carbons (Fsp3) is 0.500. The fourth-order valence-corrected chi connectivity index (χ4v) is 5.07. The molecule has 4 rings (SSSR count). The molecule has 2 unspecified atom stereocenters. The lowest BCUT2D eigenvalue weighted by atomic mass is 9.65. The van der Waals surface area contributed by atoms with Crippen LogP contribution in [0.4, 0.5) is 0 Å². The number of hydrogen-bond acceptors (Lipinski definition) is 4. The van der Waals surface area contributed by atoms with Gasteiger partial charge in [0, 0.05) is 38.8 Å². The Hall–Kier alpha value is -2.04. The Morgan fingerprint density at radius 2 is 1.93 bits per heavy atom. The Labute approximate surface area is 168 Å². The van der Waals surface area contributed by atoms with Crippen LogP contribution in [0.25, 0.3) is 0 Å². The first-order valence-electron chi connectivity index (χ1n) is 10.4. The summed E-state index contributed by atoms with van der Waals surface area (Å²) in [7, 11) is 1.73. The third-order valence-corrected chi connectivity index (χ3v) is 6.99. The minimum absolute atomic E-state index is 0.0961. The molecule has 2 aromatic rings. The van der Waals surface area contributed by atoms with Crippen LogP contribution >= 0.6 is 0 Å². The van der Waals surface area contributed by atoms with Crippen molar-refractivity contribution in [2.24, 2.45) is 5.92 Å². The Kier molecular flexibility index (Phi) is 5.35. The van der Waals surface area contributed by atoms with E-state index in [2.05, 4.69) is 47.9 Å². The number of phenols is 1. The highest BCUT2D eigenvalue weighted by Crippen LogP contribution is 2.43. The first-order chi connectivity index (χ1) is 13.5. The summed E-state index contributed by atoms with van der Waals surface area (Å²) < 4.78 is 5.38. The lowest BCUT2D eigenvalue weighted by Crippen LogP contribution is -2.60. The van der Waals surface area contributed by atoms with Gasteiger partial charge in [0.2, 0.25) is 0 Å². The topological polar surface area (TPSA) is 35.9 Å². The molecule has 0 aromatic heterocycles. The molecule has 2 aliphatic rings. The van der Waals surface area contributed by atoms with Gasteiger partial charge in [0.05, 0.1) is 7.11 Å². The number of ether oxygens (including phenoxy) is 1. The van der Waals surface area contributed by atoms with Gasteiger partial charge in [-0.2, -0.15) is 0 Å². The number of aromatic hydroxyl groups is 1. The first-order valence-corrected chi connectivity index (χ1v) is 10.4. The molecule has 0 saturated carbocycles. The van der Waals surface area contributed by atoms with E-state index in [0.29, 0.717) is 17.7 Å². The standard InChI is InChI=1S/C24H32N2O2/c1-18-15-26-11-10-25(16-19-6-4-9-23(12-19)28-3)17-21(26)14-24(18,2)20-7-5-8-22(27)13-20/h4-9,12-13,18,21,27H,10-11,14-17H2,1-3H3/t18?,21?,24-/m1/s1. The summed E-state index contributed by atoms with van der Waals surface area (Å²) >= 11 is 0. The highest BCUT2D eigenvalue weighted by atomic mass is 16.5. The Balaban J connectivity index is 1.49. The maximum absolute atomic E-state index is 10.00. The van der Waals surface area contributed by atoms with Crippen LogP contribution in [0.2, 0.25) is 0 Å². The van der Waals surface area contributed by atoms with E-state index in [1.807, 2.05) is 18.2 Å². The second-order valence-corrected chi connectivity index (χ2v) is 8.81. The first kappa shape index (κ1) is 19.3. The van der Waals surface area contributed by atoms with E-state index in [1.54, 1.807) is 13.2 Å². The molecule has 4 nitrogen and oxygen atoms in total. The van der Waals surface area contributed by atoms with E-state index in [0.717, 1.165) is 44.9 Å². The van der Waals surface area contributed by atoms with Crippen LogP contribution < -0.4 is 4.74 Å². The maximum atomic E-state index is 10.00. The molecule has 2 heterocycles. The van der Waals surface area contributed by atoms with Gasteiger partial charge >= 0.3 is 0 Å². The molecular weight excluding hydrogens is 348 g/mol. The van der Waals surface area contributed by atoms with Crippen molar-refractivity contribution in [2.75, 3.05) is 33.3 Å². The van der Waals surface area contributed by atoms with Crippen LogP contribution in [0.5, 0.6) is 11.5 Å². The van der Waals surface area contributed by atoms with Crippen LogP contribution in [-0.2, 0) is 12.0 Å². The molecule has 1 N–H and O–H groups in total. The number of benzene rings is 2. The van der Waals surface area contributed by atoms with E-state index in [4.69, 9.17) is 4.74 Å². The summed E-state index contributed by atoms with van der Waals surface area (Å²) in [6, 6.07) is 16.9. The van der Waals surface area contributed by atoms with E-state index >= 15 is 0 Å². The Bertz CT molecular complexity index is 824. The largest absolute Gasteiger partial charge is 0.508 e. The molecule has 0 radical (unpaired) electrons. The summed E-state index contributed by atoms with van der Waals surface area (Å²) in [5.41, 5.74) is 2.68. The van der Waals surface area contributed by atoms with Gasteiger partial charge in [-0.05, 0) is 53.1 Å². The van der Waals surface area contributed by atoms with Crippen molar-refractivity contribution in [1.82, 2.24) is 9.80 Å². The third-order valence-electron chi connectivity index (χ3n) is 6.99. The average molecular weight is 381 g/mol. The summed E-state index contributed by atoms with van der Waals surface area (Å²) in [4.78, 5) is 5.26. The van der Waals surface area contributed by atoms with Crippen molar-refractivity contribution in [1.29, 1.82) is 0 Å². The number of fused-ring (bicyclic) bond motifs is 1. The zero-order valence-electron chi connectivity index (χ0n) is 17.3. The second kappa shape index (κ2) is 7.76. The zero-order chi connectivity index (χ0) is 19.7. The number of methoxy groups -OCH3 is 1. The lowest BCUT2D eigenvalue weighted by molar-refractivity contribution is -0.00558. The SMILES string of the molecule is COc1cccc(CN2CCN3CC(C)[C@](C)(c4cccc(O)c4)CC3C2)c1. The molecule has 0 aliphatic carbocycles. The molecule has 4 heteroatoms. The predicted octanol–water partition coefficient (Wildman–Crippen LogP) is 3.88. The molecule has 0 spiro atoms. The van der Waals surface area contributed by atoms with Gasteiger partial charge in [0.15, 0.2) is 0 Å². The molecular formula is C24H32N2O2. The van der Waals surface area contributed by atoms with E-state index in [-0.39, 0.29) is 5.41 Å². The molecule has 2 saturated heterocycles. The molecule has 150 valence electrons. The zero-order valence-corrected chi connectivity index (χ0v) is 17.3. The highest BCUT2D eigenvalue weighted by Gasteiger charge is 2.44. The van der Waals surface area contributed by atoms with Crippen LogP contribution in [0.3, 0.4) is 0 Å². The van der Waals surface area contributed by atoms with E-state index in [9.17, 15) is 5.11 Å². The van der Waals surface area contributed by atoms with Gasteiger partial charge in [-0.3, -0.25) is 9.80 Å². The summed E-state index contributed by atoms with van der Waals surface area (Å²) in [5, 5.41) is 10.00. The Morgan fingerprint density at radius 1 is 1.11 bits per heavy atom. The van der Waals surface area contributed by atoms with Crippen molar-refractivity contribution in [3.63, 3.8) is 0 Å². The minimum Gasteiger partial charge on any atom is -0.508 e. The van der Waals surface area contributed by atoms with Crippen molar-refractivity contribution in [3.05, 3.63) is 59.7 Å². The molecule has 2 aromatic carbocycles. The number of piperazine rings is 1. The molecule has 0 amide bonds. The van der Waals surface area contributed by atoms with Gasteiger partial charge in [-0.1, -0.05) is 38.1 Å². The number of phenolic OH excluding ortho intramolecular Hbond substituents is 1. The molecule has 2 fully saturated rings. The summed E-state index contributed by atoms with van der Waals surface area (Å²) in [5.74, 6) is 1.87. The molecule has 3 atom stereocenters. The smallest absolute Gasteiger partial charge is 0.119 e. The summed E-state index contributed by atoms with van der Waals surface area (Å²) in [6.07, 6.45) is 1.13. The highest BCUT2D eigenvalue weighted by molar-refractivity contribution is 5.34. The van der Waals surface area contributed by atoms with E-state index < -0.39 is 0 Å². The van der Waals surface area contributed by atoms with Crippen molar-refractivity contribution in [2.45, 2.75) is 38.3 Å². The monoisotopic (exact) mass is 380 g/mol.